The molecule has 0 unspecified atom stereocenters. The molecule has 2 rings (SSSR count). The van der Waals surface area contributed by atoms with E-state index in [0.29, 0.717) is 17.9 Å². The fraction of sp³-hybridized carbons (Fsp3) is 0.643. The summed E-state index contributed by atoms with van der Waals surface area (Å²) in [4.78, 5) is 12.1. The topological polar surface area (TPSA) is 34.0 Å². The molecule has 1 N–H and O–H groups in total. The van der Waals surface area contributed by atoms with Crippen molar-refractivity contribution in [3.8, 4) is 0 Å². The summed E-state index contributed by atoms with van der Waals surface area (Å²) in [5.74, 6) is 1.35. The van der Waals surface area contributed by atoms with Gasteiger partial charge in [-0.3, -0.25) is 4.79 Å². The molecule has 94 valence electrons. The third-order valence-corrected chi connectivity index (χ3v) is 4.20. The third-order valence-electron chi connectivity index (χ3n) is 4.20. The highest BCUT2D eigenvalue weighted by Gasteiger charge is 2.28. The molecule has 1 amide bonds. The number of aryl methyl sites for hydroxylation is 1. The number of amides is 1. The SMILES string of the molecule is C[C@H]1[C@H](C)CCC[C@@H]1NC(=O)c1cccn1C. The van der Waals surface area contributed by atoms with Gasteiger partial charge in [0, 0.05) is 19.3 Å². The van der Waals surface area contributed by atoms with Gasteiger partial charge in [0.15, 0.2) is 0 Å². The van der Waals surface area contributed by atoms with E-state index in [1.165, 1.54) is 12.8 Å². The van der Waals surface area contributed by atoms with Crippen LogP contribution in [0.15, 0.2) is 18.3 Å². The number of carbonyl (C=O) groups is 1. The second-order valence-electron chi connectivity index (χ2n) is 5.35. The first-order chi connectivity index (χ1) is 8.09. The van der Waals surface area contributed by atoms with E-state index in [4.69, 9.17) is 0 Å². The van der Waals surface area contributed by atoms with Crippen LogP contribution in [0.3, 0.4) is 0 Å². The third kappa shape index (κ3) is 2.54. The Balaban J connectivity index is 2.01. The van der Waals surface area contributed by atoms with Gasteiger partial charge in [-0.1, -0.05) is 26.7 Å². The molecule has 0 aliphatic heterocycles. The highest BCUT2D eigenvalue weighted by Crippen LogP contribution is 2.29. The van der Waals surface area contributed by atoms with Crippen LogP contribution in [0.2, 0.25) is 0 Å². The van der Waals surface area contributed by atoms with Crippen molar-refractivity contribution in [1.29, 1.82) is 0 Å². The maximum atomic E-state index is 12.1. The molecule has 0 aromatic carbocycles. The lowest BCUT2D eigenvalue weighted by atomic mass is 9.78. The smallest absolute Gasteiger partial charge is 0.268 e. The van der Waals surface area contributed by atoms with Gasteiger partial charge in [-0.2, -0.15) is 0 Å². The average molecular weight is 234 g/mol. The fourth-order valence-corrected chi connectivity index (χ4v) is 2.73. The molecule has 17 heavy (non-hydrogen) atoms. The molecule has 1 fully saturated rings. The number of nitrogens with one attached hydrogen (secondary N) is 1. The van der Waals surface area contributed by atoms with E-state index in [0.717, 1.165) is 12.1 Å². The Morgan fingerprint density at radius 1 is 1.41 bits per heavy atom. The summed E-state index contributed by atoms with van der Waals surface area (Å²) in [7, 11) is 1.90. The van der Waals surface area contributed by atoms with Gasteiger partial charge >= 0.3 is 0 Å². The summed E-state index contributed by atoms with van der Waals surface area (Å²) in [5.41, 5.74) is 0.746. The van der Waals surface area contributed by atoms with Gasteiger partial charge in [0.2, 0.25) is 0 Å². The largest absolute Gasteiger partial charge is 0.348 e. The maximum Gasteiger partial charge on any atom is 0.268 e. The van der Waals surface area contributed by atoms with Crippen LogP contribution >= 0.6 is 0 Å². The minimum absolute atomic E-state index is 0.0588. The first-order valence-electron chi connectivity index (χ1n) is 6.52. The van der Waals surface area contributed by atoms with E-state index in [1.807, 2.05) is 29.9 Å². The van der Waals surface area contributed by atoms with E-state index in [9.17, 15) is 4.79 Å². The van der Waals surface area contributed by atoms with Crippen molar-refractivity contribution in [2.75, 3.05) is 0 Å². The molecule has 0 radical (unpaired) electrons. The van der Waals surface area contributed by atoms with Crippen molar-refractivity contribution in [2.45, 2.75) is 39.2 Å². The molecule has 1 heterocycles. The zero-order chi connectivity index (χ0) is 12.4. The Morgan fingerprint density at radius 2 is 2.18 bits per heavy atom. The van der Waals surface area contributed by atoms with Gasteiger partial charge in [0.05, 0.1) is 0 Å². The Hall–Kier alpha value is -1.25. The number of nitrogens with zero attached hydrogens (tertiary/aromatic N) is 1. The minimum atomic E-state index is 0.0588. The van der Waals surface area contributed by atoms with Gasteiger partial charge in [-0.05, 0) is 30.4 Å². The monoisotopic (exact) mass is 234 g/mol. The molecule has 1 aliphatic carbocycles. The number of rotatable bonds is 2. The Labute approximate surface area is 103 Å². The second-order valence-corrected chi connectivity index (χ2v) is 5.35. The highest BCUT2D eigenvalue weighted by molar-refractivity contribution is 5.92. The summed E-state index contributed by atoms with van der Waals surface area (Å²) >= 11 is 0. The number of aromatic nitrogens is 1. The molecule has 1 aromatic rings. The molecular weight excluding hydrogens is 212 g/mol. The summed E-state index contributed by atoms with van der Waals surface area (Å²) in [6, 6.07) is 4.11. The summed E-state index contributed by atoms with van der Waals surface area (Å²) in [6.07, 6.45) is 5.53. The van der Waals surface area contributed by atoms with E-state index in [2.05, 4.69) is 19.2 Å². The summed E-state index contributed by atoms with van der Waals surface area (Å²) in [5, 5.41) is 3.18. The van der Waals surface area contributed by atoms with Crippen LogP contribution in [0.1, 0.15) is 43.6 Å². The molecule has 1 saturated carbocycles. The van der Waals surface area contributed by atoms with E-state index < -0.39 is 0 Å². The average Bonchev–Trinajstić information content (AvgIpc) is 2.71. The quantitative estimate of drug-likeness (QED) is 0.838. The first-order valence-corrected chi connectivity index (χ1v) is 6.52. The predicted molar refractivity (Wildman–Crippen MR) is 68.8 cm³/mol. The van der Waals surface area contributed by atoms with Gasteiger partial charge in [-0.25, -0.2) is 0 Å². The van der Waals surface area contributed by atoms with Crippen molar-refractivity contribution in [2.24, 2.45) is 18.9 Å². The van der Waals surface area contributed by atoms with Crippen LogP contribution < -0.4 is 5.32 Å². The molecule has 3 atom stereocenters. The molecule has 3 heteroatoms. The van der Waals surface area contributed by atoms with E-state index >= 15 is 0 Å². The lowest BCUT2D eigenvalue weighted by Gasteiger charge is -2.34. The molecule has 0 spiro atoms. The number of hydrogen-bond donors (Lipinski definition) is 1. The lowest BCUT2D eigenvalue weighted by Crippen LogP contribution is -2.44. The van der Waals surface area contributed by atoms with E-state index in [1.54, 1.807) is 0 Å². The van der Waals surface area contributed by atoms with Crippen LogP contribution in [0, 0.1) is 11.8 Å². The second kappa shape index (κ2) is 4.94. The van der Waals surface area contributed by atoms with Crippen LogP contribution in [0.5, 0.6) is 0 Å². The Morgan fingerprint density at radius 3 is 2.82 bits per heavy atom. The number of carbonyl (C=O) groups excluding carboxylic acids is 1. The fourth-order valence-electron chi connectivity index (χ4n) is 2.73. The summed E-state index contributed by atoms with van der Waals surface area (Å²) in [6.45, 7) is 4.53. The molecule has 1 aromatic heterocycles. The van der Waals surface area contributed by atoms with Crippen LogP contribution in [0.4, 0.5) is 0 Å². The molecular formula is C14H22N2O. The van der Waals surface area contributed by atoms with Gasteiger partial charge < -0.3 is 9.88 Å². The zero-order valence-electron chi connectivity index (χ0n) is 10.9. The van der Waals surface area contributed by atoms with Crippen molar-refractivity contribution in [1.82, 2.24) is 9.88 Å². The molecule has 1 aliphatic rings. The number of hydrogen-bond acceptors (Lipinski definition) is 1. The van der Waals surface area contributed by atoms with Crippen molar-refractivity contribution >= 4 is 5.91 Å². The highest BCUT2D eigenvalue weighted by atomic mass is 16.2. The predicted octanol–water partition coefficient (Wildman–Crippen LogP) is 2.58. The van der Waals surface area contributed by atoms with Crippen LogP contribution in [-0.4, -0.2) is 16.5 Å². The van der Waals surface area contributed by atoms with Gasteiger partial charge in [0.25, 0.3) is 5.91 Å². The lowest BCUT2D eigenvalue weighted by molar-refractivity contribution is 0.0883. The Kier molecular flexibility index (Phi) is 3.55. The maximum absolute atomic E-state index is 12.1. The standard InChI is InChI=1S/C14H22N2O/c1-10-6-4-7-12(11(10)2)15-14(17)13-8-5-9-16(13)3/h5,8-12H,4,6-7H2,1-3H3,(H,15,17)/t10-,11+,12+/m1/s1. The van der Waals surface area contributed by atoms with Crippen LogP contribution in [0.25, 0.3) is 0 Å². The van der Waals surface area contributed by atoms with Crippen molar-refractivity contribution in [3.63, 3.8) is 0 Å². The molecule has 0 saturated heterocycles. The van der Waals surface area contributed by atoms with Gasteiger partial charge in [-0.15, -0.1) is 0 Å². The minimum Gasteiger partial charge on any atom is -0.348 e. The Bertz CT molecular complexity index is 397. The van der Waals surface area contributed by atoms with Gasteiger partial charge in [0.1, 0.15) is 5.69 Å². The van der Waals surface area contributed by atoms with Crippen molar-refractivity contribution in [3.05, 3.63) is 24.0 Å². The molecule has 3 nitrogen and oxygen atoms in total. The van der Waals surface area contributed by atoms with Crippen molar-refractivity contribution < 1.29 is 4.79 Å². The summed E-state index contributed by atoms with van der Waals surface area (Å²) < 4.78 is 1.87. The normalized spacial score (nSPS) is 29.0. The zero-order valence-corrected chi connectivity index (χ0v) is 10.9. The van der Waals surface area contributed by atoms with Crippen LogP contribution in [-0.2, 0) is 7.05 Å². The first kappa shape index (κ1) is 12.2. The molecule has 0 bridgehead atoms. The van der Waals surface area contributed by atoms with E-state index in [-0.39, 0.29) is 5.91 Å².